The van der Waals surface area contributed by atoms with E-state index in [1.807, 2.05) is 38.8 Å². The van der Waals surface area contributed by atoms with Crippen LogP contribution in [0.4, 0.5) is 4.39 Å². The summed E-state index contributed by atoms with van der Waals surface area (Å²) >= 11 is 1.74. The minimum absolute atomic E-state index is 0.209. The fourth-order valence-corrected chi connectivity index (χ4v) is 3.45. The Hall–Kier alpha value is -1.95. The van der Waals surface area contributed by atoms with Crippen LogP contribution in [0.3, 0.4) is 0 Å². The Morgan fingerprint density at radius 2 is 2.17 bits per heavy atom. The molecule has 0 unspecified atom stereocenters. The van der Waals surface area contributed by atoms with Crippen LogP contribution in [0, 0.1) is 19.7 Å². The van der Waals surface area contributed by atoms with Crippen LogP contribution < -0.4 is 5.32 Å². The van der Waals surface area contributed by atoms with E-state index < -0.39 is 0 Å². The first-order chi connectivity index (χ1) is 11.5. The molecule has 130 valence electrons. The third-order valence-corrected chi connectivity index (χ3v) is 4.74. The zero-order valence-corrected chi connectivity index (χ0v) is 15.6. The van der Waals surface area contributed by atoms with Crippen molar-refractivity contribution in [2.24, 2.45) is 4.99 Å². The number of halogens is 1. The molecule has 4 nitrogen and oxygen atoms in total. The molecule has 1 heterocycles. The van der Waals surface area contributed by atoms with Crippen LogP contribution in [0.1, 0.15) is 28.1 Å². The molecule has 0 saturated heterocycles. The van der Waals surface area contributed by atoms with Crippen LogP contribution in [-0.2, 0) is 13.0 Å². The van der Waals surface area contributed by atoms with E-state index in [2.05, 4.69) is 10.3 Å². The number of aryl methyl sites for hydroxylation is 2. The van der Waals surface area contributed by atoms with Gasteiger partial charge in [0.1, 0.15) is 5.82 Å². The molecule has 0 saturated carbocycles. The monoisotopic (exact) mass is 348 g/mol. The van der Waals surface area contributed by atoms with Crippen molar-refractivity contribution in [3.8, 4) is 0 Å². The Labute approximate surface area is 147 Å². The van der Waals surface area contributed by atoms with E-state index in [1.54, 1.807) is 23.5 Å². The number of rotatable bonds is 6. The maximum absolute atomic E-state index is 13.3. The van der Waals surface area contributed by atoms with Crippen LogP contribution in [0.15, 0.2) is 29.3 Å². The predicted molar refractivity (Wildman–Crippen MR) is 99.1 cm³/mol. The number of aliphatic imine (C=N–C) groups is 1. The lowest BCUT2D eigenvalue weighted by Crippen LogP contribution is -2.38. The van der Waals surface area contributed by atoms with Crippen molar-refractivity contribution in [3.05, 3.63) is 51.2 Å². The van der Waals surface area contributed by atoms with E-state index >= 15 is 0 Å². The topological polar surface area (TPSA) is 40.5 Å². The second-order valence-electron chi connectivity index (χ2n) is 5.71. The smallest absolute Gasteiger partial charge is 0.193 e. The minimum atomic E-state index is -0.209. The molecule has 0 amide bonds. The van der Waals surface area contributed by atoms with Gasteiger partial charge in [-0.15, -0.1) is 11.3 Å². The number of hydrogen-bond donors (Lipinski definition) is 1. The van der Waals surface area contributed by atoms with E-state index in [0.29, 0.717) is 13.1 Å². The lowest BCUT2D eigenvalue weighted by Gasteiger charge is -2.22. The molecule has 1 aromatic carbocycles. The van der Waals surface area contributed by atoms with Crippen molar-refractivity contribution < 1.29 is 4.39 Å². The summed E-state index contributed by atoms with van der Waals surface area (Å²) in [6, 6.07) is 6.68. The van der Waals surface area contributed by atoms with E-state index in [4.69, 9.17) is 4.99 Å². The van der Waals surface area contributed by atoms with Gasteiger partial charge < -0.3 is 10.2 Å². The van der Waals surface area contributed by atoms with Crippen molar-refractivity contribution in [2.45, 2.75) is 33.7 Å². The van der Waals surface area contributed by atoms with Crippen molar-refractivity contribution in [1.82, 2.24) is 15.2 Å². The number of nitrogens with one attached hydrogen (secondary N) is 1. The van der Waals surface area contributed by atoms with Crippen LogP contribution in [0.2, 0.25) is 0 Å². The highest BCUT2D eigenvalue weighted by atomic mass is 32.1. The Kier molecular flexibility index (Phi) is 6.73. The number of thiazole rings is 1. The second-order valence-corrected chi connectivity index (χ2v) is 7.00. The van der Waals surface area contributed by atoms with Gasteiger partial charge in [-0.25, -0.2) is 9.37 Å². The first-order valence-electron chi connectivity index (χ1n) is 8.16. The minimum Gasteiger partial charge on any atom is -0.357 e. The molecular weight excluding hydrogens is 323 g/mol. The molecule has 0 bridgehead atoms. The molecule has 6 heteroatoms. The number of nitrogens with zero attached hydrogens (tertiary/aromatic N) is 3. The fraction of sp³-hybridized carbons (Fsp3) is 0.444. The summed E-state index contributed by atoms with van der Waals surface area (Å²) in [5, 5.41) is 4.39. The van der Waals surface area contributed by atoms with Gasteiger partial charge in [0.25, 0.3) is 0 Å². The van der Waals surface area contributed by atoms with E-state index in [1.165, 1.54) is 10.9 Å². The third-order valence-electron chi connectivity index (χ3n) is 3.61. The zero-order chi connectivity index (χ0) is 17.5. The molecule has 0 aliphatic heterocycles. The molecule has 2 aromatic rings. The number of hydrogen-bond acceptors (Lipinski definition) is 3. The summed E-state index contributed by atoms with van der Waals surface area (Å²) in [5.74, 6) is 0.625. The summed E-state index contributed by atoms with van der Waals surface area (Å²) in [5.41, 5.74) is 2.03. The molecule has 0 spiro atoms. The van der Waals surface area contributed by atoms with E-state index in [0.717, 1.165) is 35.2 Å². The highest BCUT2D eigenvalue weighted by Crippen LogP contribution is 2.17. The largest absolute Gasteiger partial charge is 0.357 e. The van der Waals surface area contributed by atoms with Gasteiger partial charge in [0.2, 0.25) is 0 Å². The van der Waals surface area contributed by atoms with Crippen molar-refractivity contribution in [1.29, 1.82) is 0 Å². The number of aromatic nitrogens is 1. The molecule has 0 atom stereocenters. The van der Waals surface area contributed by atoms with Crippen molar-refractivity contribution in [2.75, 3.05) is 20.1 Å². The van der Waals surface area contributed by atoms with Crippen LogP contribution in [0.5, 0.6) is 0 Å². The Balaban J connectivity index is 2.00. The van der Waals surface area contributed by atoms with Gasteiger partial charge in [-0.1, -0.05) is 12.1 Å². The van der Waals surface area contributed by atoms with Crippen LogP contribution in [0.25, 0.3) is 0 Å². The number of benzene rings is 1. The van der Waals surface area contributed by atoms with Gasteiger partial charge in [-0.2, -0.15) is 0 Å². The second kappa shape index (κ2) is 8.78. The third kappa shape index (κ3) is 5.30. The van der Waals surface area contributed by atoms with Gasteiger partial charge in [0.05, 0.1) is 10.7 Å². The first kappa shape index (κ1) is 18.4. The first-order valence-corrected chi connectivity index (χ1v) is 8.98. The number of guanidine groups is 1. The average Bonchev–Trinajstić information content (AvgIpc) is 2.84. The Morgan fingerprint density at radius 3 is 2.79 bits per heavy atom. The normalized spacial score (nSPS) is 11.6. The molecule has 0 fully saturated rings. The van der Waals surface area contributed by atoms with E-state index in [9.17, 15) is 4.39 Å². The molecule has 0 radical (unpaired) electrons. The summed E-state index contributed by atoms with van der Waals surface area (Å²) in [7, 11) is 1.97. The van der Waals surface area contributed by atoms with Crippen molar-refractivity contribution >= 4 is 17.3 Å². The van der Waals surface area contributed by atoms with Gasteiger partial charge >= 0.3 is 0 Å². The Bertz CT molecular complexity index is 696. The van der Waals surface area contributed by atoms with Crippen molar-refractivity contribution in [3.63, 3.8) is 0 Å². The molecule has 1 N–H and O–H groups in total. The lowest BCUT2D eigenvalue weighted by molar-refractivity contribution is 0.475. The van der Waals surface area contributed by atoms with Crippen LogP contribution in [-0.4, -0.2) is 36.0 Å². The SMILES string of the molecule is CCNC(=NCCc1sc(C)nc1C)N(C)Cc1cccc(F)c1. The Morgan fingerprint density at radius 1 is 1.38 bits per heavy atom. The van der Waals surface area contributed by atoms with Gasteiger partial charge in [0.15, 0.2) is 5.96 Å². The van der Waals surface area contributed by atoms with E-state index in [-0.39, 0.29) is 5.82 Å². The molecular formula is C18H25FN4S. The maximum Gasteiger partial charge on any atom is 0.193 e. The summed E-state index contributed by atoms with van der Waals surface area (Å²) < 4.78 is 13.3. The standard InChI is InChI=1S/C18H25FN4S/c1-5-20-18(21-10-9-17-13(2)22-14(3)24-17)23(4)12-15-7-6-8-16(19)11-15/h6-8,11H,5,9-10,12H2,1-4H3,(H,20,21). The maximum atomic E-state index is 13.3. The molecule has 2 rings (SSSR count). The fourth-order valence-electron chi connectivity index (χ4n) is 2.52. The lowest BCUT2D eigenvalue weighted by atomic mass is 10.2. The molecule has 24 heavy (non-hydrogen) atoms. The van der Waals surface area contributed by atoms with Gasteiger partial charge in [0, 0.05) is 38.0 Å². The quantitative estimate of drug-likeness (QED) is 0.641. The highest BCUT2D eigenvalue weighted by molar-refractivity contribution is 7.11. The zero-order valence-electron chi connectivity index (χ0n) is 14.8. The molecule has 1 aromatic heterocycles. The molecule has 0 aliphatic carbocycles. The summed E-state index contributed by atoms with van der Waals surface area (Å²) in [4.78, 5) is 12.5. The molecule has 0 aliphatic rings. The summed E-state index contributed by atoms with van der Waals surface area (Å²) in [6.45, 7) is 8.24. The van der Waals surface area contributed by atoms with Gasteiger partial charge in [-0.05, 0) is 38.5 Å². The highest BCUT2D eigenvalue weighted by Gasteiger charge is 2.08. The predicted octanol–water partition coefficient (Wildman–Crippen LogP) is 3.54. The average molecular weight is 348 g/mol. The summed E-state index contributed by atoms with van der Waals surface area (Å²) in [6.07, 6.45) is 0.889. The van der Waals surface area contributed by atoms with Crippen LogP contribution >= 0.6 is 11.3 Å². The van der Waals surface area contributed by atoms with Gasteiger partial charge in [-0.3, -0.25) is 4.99 Å².